The highest BCUT2D eigenvalue weighted by atomic mass is 32.2. The Labute approximate surface area is 168 Å². The molecule has 0 aromatic heterocycles. The third-order valence-corrected chi connectivity index (χ3v) is 5.31. The molecule has 0 aliphatic heterocycles. The van der Waals surface area contributed by atoms with E-state index >= 15 is 0 Å². The molecule has 0 aliphatic carbocycles. The predicted octanol–water partition coefficient (Wildman–Crippen LogP) is 3.86. The van der Waals surface area contributed by atoms with Crippen molar-refractivity contribution in [2.24, 2.45) is 10.6 Å². The Morgan fingerprint density at radius 2 is 1.81 bits per heavy atom. The van der Waals surface area contributed by atoms with Crippen LogP contribution in [0.3, 0.4) is 0 Å². The number of benzene rings is 2. The Kier molecular flexibility index (Phi) is 7.93. The summed E-state index contributed by atoms with van der Waals surface area (Å²) >= 11 is 1.07. The molecule has 0 saturated carbocycles. The van der Waals surface area contributed by atoms with Crippen molar-refractivity contribution < 1.29 is 9.32 Å². The molecular weight excluding hydrogens is 376 g/mol. The number of anilines is 1. The number of aryl methyl sites for hydroxylation is 1. The van der Waals surface area contributed by atoms with Gasteiger partial charge in [0, 0.05) is 21.6 Å². The number of nitrogens with one attached hydrogen (secondary N) is 1. The van der Waals surface area contributed by atoms with Gasteiger partial charge in [0.05, 0.1) is 12.3 Å². The van der Waals surface area contributed by atoms with Gasteiger partial charge in [-0.05, 0) is 74.5 Å². The molecule has 144 valence electrons. The van der Waals surface area contributed by atoms with Crippen LogP contribution in [0.2, 0.25) is 0 Å². The zero-order valence-corrected chi connectivity index (χ0v) is 17.5. The van der Waals surface area contributed by atoms with Crippen LogP contribution in [0.4, 0.5) is 5.69 Å². The number of aliphatic hydroxyl groups excluding tert-OH is 1. The molecular formula is C21H26N2O2S2. The summed E-state index contributed by atoms with van der Waals surface area (Å²) in [6.07, 6.45) is 0.701. The first kappa shape index (κ1) is 21.5. The number of hydrogen-bond donors (Lipinski definition) is 3. The normalized spacial score (nSPS) is 12.2. The van der Waals surface area contributed by atoms with Gasteiger partial charge in [-0.2, -0.15) is 0 Å². The van der Waals surface area contributed by atoms with Gasteiger partial charge >= 0.3 is 0 Å². The summed E-state index contributed by atoms with van der Waals surface area (Å²) in [4.78, 5) is 0.761. The van der Waals surface area contributed by atoms with E-state index in [-0.39, 0.29) is 12.0 Å². The fourth-order valence-corrected chi connectivity index (χ4v) is 3.72. The quantitative estimate of drug-likeness (QED) is 0.486. The number of aliphatic hydroxyl groups is 1. The summed E-state index contributed by atoms with van der Waals surface area (Å²) in [6.45, 7) is 6.21. The summed E-state index contributed by atoms with van der Waals surface area (Å²) in [5, 5.41) is 14.9. The standard InChI is InChI=1S/C21H26N2O2S2/c1-21(2,3)12-10-16-4-6-17(7-5-16)11-13-27(25)23-19-9-8-18(15-24)14-20(19)26-22/h4-9,14,23-24H,11,13,15,22H2,1-3H3. The highest BCUT2D eigenvalue weighted by molar-refractivity contribution is 7.97. The van der Waals surface area contributed by atoms with Gasteiger partial charge < -0.3 is 9.83 Å². The first-order chi connectivity index (χ1) is 12.8. The van der Waals surface area contributed by atoms with Crippen LogP contribution in [0.5, 0.6) is 0 Å². The molecule has 2 aromatic rings. The molecule has 0 spiro atoms. The van der Waals surface area contributed by atoms with Crippen LogP contribution in [-0.4, -0.2) is 15.1 Å². The molecule has 2 aromatic carbocycles. The van der Waals surface area contributed by atoms with Gasteiger partial charge in [0.15, 0.2) is 0 Å². The van der Waals surface area contributed by atoms with Crippen molar-refractivity contribution in [1.29, 1.82) is 0 Å². The highest BCUT2D eigenvalue weighted by Gasteiger charge is 2.08. The minimum Gasteiger partial charge on any atom is -0.392 e. The molecule has 0 heterocycles. The molecule has 1 unspecified atom stereocenters. The van der Waals surface area contributed by atoms with E-state index in [0.29, 0.717) is 17.9 Å². The molecule has 1 atom stereocenters. The van der Waals surface area contributed by atoms with Crippen molar-refractivity contribution in [3.63, 3.8) is 0 Å². The van der Waals surface area contributed by atoms with E-state index in [1.165, 1.54) is 0 Å². The van der Waals surface area contributed by atoms with Crippen LogP contribution in [-0.2, 0) is 24.0 Å². The summed E-state index contributed by atoms with van der Waals surface area (Å²) in [6, 6.07) is 13.4. The second-order valence-corrected chi connectivity index (χ2v) is 9.18. The zero-order chi connectivity index (χ0) is 19.9. The topological polar surface area (TPSA) is 75.3 Å². The van der Waals surface area contributed by atoms with Gasteiger partial charge in [0.1, 0.15) is 11.0 Å². The Hall–Kier alpha value is -1.78. The minimum atomic E-state index is -1.22. The third kappa shape index (κ3) is 7.39. The van der Waals surface area contributed by atoms with Gasteiger partial charge in [-0.3, -0.25) is 5.14 Å². The van der Waals surface area contributed by atoms with Crippen molar-refractivity contribution in [3.8, 4) is 11.8 Å². The predicted molar refractivity (Wildman–Crippen MR) is 116 cm³/mol. The average Bonchev–Trinajstić information content (AvgIpc) is 2.65. The van der Waals surface area contributed by atoms with Crippen molar-refractivity contribution >= 4 is 28.6 Å². The van der Waals surface area contributed by atoms with Crippen LogP contribution in [0.15, 0.2) is 47.4 Å². The first-order valence-corrected chi connectivity index (χ1v) is 10.9. The van der Waals surface area contributed by atoms with Crippen LogP contribution in [0.25, 0.3) is 0 Å². The van der Waals surface area contributed by atoms with Crippen molar-refractivity contribution in [1.82, 2.24) is 0 Å². The molecule has 0 bridgehead atoms. The molecule has 0 amide bonds. The van der Waals surface area contributed by atoms with E-state index in [1.807, 2.05) is 24.3 Å². The molecule has 4 N–H and O–H groups in total. The lowest BCUT2D eigenvalue weighted by Gasteiger charge is -2.11. The summed E-state index contributed by atoms with van der Waals surface area (Å²) in [5.74, 6) is 6.88. The monoisotopic (exact) mass is 402 g/mol. The largest absolute Gasteiger partial charge is 0.392 e. The van der Waals surface area contributed by atoms with E-state index in [0.717, 1.165) is 33.5 Å². The van der Waals surface area contributed by atoms with Crippen LogP contribution in [0, 0.1) is 17.3 Å². The van der Waals surface area contributed by atoms with Gasteiger partial charge in [0.2, 0.25) is 0 Å². The molecule has 0 fully saturated rings. The molecule has 2 rings (SSSR count). The summed E-state index contributed by atoms with van der Waals surface area (Å²) in [7, 11) is -1.22. The molecule has 0 saturated heterocycles. The SMILES string of the molecule is CC(C)(C)C#Cc1ccc(CCS(=O)Nc2ccc(CO)cc2SN)cc1. The molecule has 4 nitrogen and oxygen atoms in total. The number of hydrogen-bond acceptors (Lipinski definition) is 4. The van der Waals surface area contributed by atoms with E-state index in [1.54, 1.807) is 18.2 Å². The number of rotatable bonds is 7. The summed E-state index contributed by atoms with van der Waals surface area (Å²) < 4.78 is 15.4. The third-order valence-electron chi connectivity index (χ3n) is 3.69. The second kappa shape index (κ2) is 9.95. The van der Waals surface area contributed by atoms with Crippen molar-refractivity contribution in [2.75, 3.05) is 10.5 Å². The molecule has 0 aliphatic rings. The Balaban J connectivity index is 1.93. The van der Waals surface area contributed by atoms with E-state index in [2.05, 4.69) is 37.3 Å². The van der Waals surface area contributed by atoms with E-state index in [9.17, 15) is 9.32 Å². The van der Waals surface area contributed by atoms with Gasteiger partial charge in [-0.15, -0.1) is 0 Å². The fourth-order valence-electron chi connectivity index (χ4n) is 2.25. The second-order valence-electron chi connectivity index (χ2n) is 7.21. The van der Waals surface area contributed by atoms with Gasteiger partial charge in [0.25, 0.3) is 0 Å². The van der Waals surface area contributed by atoms with E-state index < -0.39 is 11.0 Å². The molecule has 27 heavy (non-hydrogen) atoms. The fraction of sp³-hybridized carbons (Fsp3) is 0.333. The smallest absolute Gasteiger partial charge is 0.117 e. The first-order valence-electron chi connectivity index (χ1n) is 8.68. The Morgan fingerprint density at radius 3 is 2.41 bits per heavy atom. The maximum atomic E-state index is 12.4. The van der Waals surface area contributed by atoms with Gasteiger partial charge in [-0.25, -0.2) is 4.21 Å². The maximum absolute atomic E-state index is 12.4. The zero-order valence-electron chi connectivity index (χ0n) is 15.9. The van der Waals surface area contributed by atoms with Crippen LogP contribution >= 0.6 is 11.9 Å². The lowest BCUT2D eigenvalue weighted by molar-refractivity contribution is 0.281. The van der Waals surface area contributed by atoms with Crippen LogP contribution in [0.1, 0.15) is 37.5 Å². The molecule has 6 heteroatoms. The number of nitrogens with two attached hydrogens (primary N) is 1. The lowest BCUT2D eigenvalue weighted by atomic mass is 9.97. The Morgan fingerprint density at radius 1 is 1.15 bits per heavy atom. The van der Waals surface area contributed by atoms with E-state index in [4.69, 9.17) is 5.14 Å². The summed E-state index contributed by atoms with van der Waals surface area (Å²) in [5.41, 5.74) is 3.58. The van der Waals surface area contributed by atoms with Crippen molar-refractivity contribution in [3.05, 3.63) is 59.2 Å². The maximum Gasteiger partial charge on any atom is 0.117 e. The average molecular weight is 403 g/mol. The highest BCUT2D eigenvalue weighted by Crippen LogP contribution is 2.25. The Bertz CT molecular complexity index is 847. The van der Waals surface area contributed by atoms with Gasteiger partial charge in [-0.1, -0.05) is 30.0 Å². The van der Waals surface area contributed by atoms with Crippen molar-refractivity contribution in [2.45, 2.75) is 38.7 Å². The minimum absolute atomic E-state index is 0.0166. The van der Waals surface area contributed by atoms with Crippen LogP contribution < -0.4 is 9.86 Å². The lowest BCUT2D eigenvalue weighted by Crippen LogP contribution is -2.11. The molecule has 0 radical (unpaired) electrons.